The van der Waals surface area contributed by atoms with Gasteiger partial charge in [0.15, 0.2) is 0 Å². The Hall–Kier alpha value is -1.88. The molecule has 5 nitrogen and oxygen atoms in total. The van der Waals surface area contributed by atoms with Gasteiger partial charge in [-0.15, -0.1) is 0 Å². The molecule has 0 saturated carbocycles. The van der Waals surface area contributed by atoms with Crippen LogP contribution in [0.25, 0.3) is 0 Å². The fourth-order valence-corrected chi connectivity index (χ4v) is 3.73. The quantitative estimate of drug-likeness (QED) is 0.332. The molecule has 3 aliphatic rings. The van der Waals surface area contributed by atoms with Crippen LogP contribution in [0, 0.1) is 5.92 Å². The Bertz CT molecular complexity index is 674. The smallest absolute Gasteiger partial charge is 0.334 e. The van der Waals surface area contributed by atoms with Gasteiger partial charge < -0.3 is 14.2 Å². The summed E-state index contributed by atoms with van der Waals surface area (Å²) in [5, 5.41) is 0. The second kappa shape index (κ2) is 6.45. The molecule has 3 rings (SSSR count). The summed E-state index contributed by atoms with van der Waals surface area (Å²) < 4.78 is 17.2. The zero-order valence-electron chi connectivity index (χ0n) is 15.3. The van der Waals surface area contributed by atoms with Crippen molar-refractivity contribution in [3.8, 4) is 0 Å². The van der Waals surface area contributed by atoms with Crippen LogP contribution in [0.4, 0.5) is 0 Å². The summed E-state index contributed by atoms with van der Waals surface area (Å²) in [5.41, 5.74) is 1.72. The molecule has 2 saturated heterocycles. The molecule has 0 bridgehead atoms. The summed E-state index contributed by atoms with van der Waals surface area (Å²) in [4.78, 5) is 24.5. The third kappa shape index (κ3) is 3.43. The Balaban J connectivity index is 1.95. The van der Waals surface area contributed by atoms with Crippen LogP contribution in [-0.2, 0) is 23.8 Å². The summed E-state index contributed by atoms with van der Waals surface area (Å²) in [5.74, 6) is -1.17. The van der Waals surface area contributed by atoms with E-state index in [4.69, 9.17) is 14.2 Å². The third-order valence-electron chi connectivity index (χ3n) is 5.57. The minimum Gasteiger partial charge on any atom is -0.458 e. The number of allylic oxidation sites excluding steroid dienone is 2. The summed E-state index contributed by atoms with van der Waals surface area (Å²) in [6.45, 7) is 11.5. The van der Waals surface area contributed by atoms with E-state index in [-0.39, 0.29) is 23.6 Å². The molecule has 0 unspecified atom stereocenters. The maximum atomic E-state index is 12.4. The number of fused-ring (bicyclic) bond motifs is 2. The van der Waals surface area contributed by atoms with Crippen molar-refractivity contribution < 1.29 is 23.8 Å². The van der Waals surface area contributed by atoms with Gasteiger partial charge in [-0.05, 0) is 46.6 Å². The minimum absolute atomic E-state index is 0.155. The van der Waals surface area contributed by atoms with Crippen molar-refractivity contribution in [3.63, 3.8) is 0 Å². The van der Waals surface area contributed by atoms with Crippen molar-refractivity contribution in [2.24, 2.45) is 5.92 Å². The van der Waals surface area contributed by atoms with E-state index >= 15 is 0 Å². The summed E-state index contributed by atoms with van der Waals surface area (Å²) in [6.07, 6.45) is 5.23. The number of carbonyl (C=O) groups is 2. The van der Waals surface area contributed by atoms with Gasteiger partial charge in [-0.2, -0.15) is 0 Å². The molecule has 5 atom stereocenters. The van der Waals surface area contributed by atoms with E-state index in [2.05, 4.69) is 6.58 Å². The second-order valence-corrected chi connectivity index (χ2v) is 7.51. The molecule has 2 heterocycles. The molecule has 25 heavy (non-hydrogen) atoms. The van der Waals surface area contributed by atoms with Gasteiger partial charge in [-0.1, -0.05) is 18.2 Å². The molecule has 1 aliphatic carbocycles. The summed E-state index contributed by atoms with van der Waals surface area (Å²) >= 11 is 0. The van der Waals surface area contributed by atoms with Crippen LogP contribution in [0.2, 0.25) is 0 Å². The van der Waals surface area contributed by atoms with Crippen molar-refractivity contribution in [2.75, 3.05) is 0 Å². The first-order valence-electron chi connectivity index (χ1n) is 8.84. The van der Waals surface area contributed by atoms with E-state index in [1.165, 1.54) is 0 Å². The first-order valence-corrected chi connectivity index (χ1v) is 8.84. The monoisotopic (exact) mass is 346 g/mol. The lowest BCUT2D eigenvalue weighted by molar-refractivity contribution is -0.148. The van der Waals surface area contributed by atoms with Crippen LogP contribution < -0.4 is 0 Å². The van der Waals surface area contributed by atoms with E-state index in [1.54, 1.807) is 19.9 Å². The molecule has 0 radical (unpaired) electrons. The Morgan fingerprint density at radius 2 is 2.20 bits per heavy atom. The normalized spacial score (nSPS) is 40.3. The lowest BCUT2D eigenvalue weighted by Gasteiger charge is -2.28. The predicted molar refractivity (Wildman–Crippen MR) is 92.7 cm³/mol. The zero-order valence-corrected chi connectivity index (χ0v) is 15.3. The van der Waals surface area contributed by atoms with Gasteiger partial charge in [0.25, 0.3) is 0 Å². The Labute approximate surface area is 148 Å². The molecule has 2 fully saturated rings. The molecular formula is C20H26O5. The van der Waals surface area contributed by atoms with E-state index in [1.807, 2.05) is 19.9 Å². The van der Waals surface area contributed by atoms with Gasteiger partial charge in [0.1, 0.15) is 12.2 Å². The Kier molecular flexibility index (Phi) is 4.62. The molecule has 0 aromatic carbocycles. The van der Waals surface area contributed by atoms with Gasteiger partial charge in [0.05, 0.1) is 17.6 Å². The van der Waals surface area contributed by atoms with Crippen molar-refractivity contribution >= 4 is 11.9 Å². The summed E-state index contributed by atoms with van der Waals surface area (Å²) in [7, 11) is 0. The topological polar surface area (TPSA) is 65.1 Å². The lowest BCUT2D eigenvalue weighted by Crippen LogP contribution is -2.37. The van der Waals surface area contributed by atoms with Crippen molar-refractivity contribution in [3.05, 3.63) is 35.5 Å². The highest BCUT2D eigenvalue weighted by Crippen LogP contribution is 2.47. The van der Waals surface area contributed by atoms with E-state index in [9.17, 15) is 9.59 Å². The average Bonchev–Trinajstić information content (AvgIpc) is 3.11. The molecular weight excluding hydrogens is 320 g/mol. The Morgan fingerprint density at radius 1 is 1.48 bits per heavy atom. The first-order chi connectivity index (χ1) is 11.7. The molecule has 5 heteroatoms. The van der Waals surface area contributed by atoms with E-state index in [0.29, 0.717) is 17.6 Å². The van der Waals surface area contributed by atoms with Crippen LogP contribution in [0.5, 0.6) is 0 Å². The SMILES string of the molecule is C=C1C(=O)O[C@@H]2/C=C(\C)CC[C@@H]3O[C@@]3(C)C[C@@H](OC(=O)/C(C)=C\C)[C@@H]12. The number of epoxide rings is 1. The highest BCUT2D eigenvalue weighted by molar-refractivity contribution is 5.92. The standard InChI is InChI=1S/C20H26O5/c1-6-12(3)18(21)24-15-10-20(5)16(25-20)8-7-11(2)9-14-17(15)13(4)19(22)23-14/h6,9,14-17H,4,7-8,10H2,1-3,5H3/b11-9+,12-6-/t14-,15-,16+,17+,20+/m1/s1. The first kappa shape index (κ1) is 17.9. The van der Waals surface area contributed by atoms with E-state index in [0.717, 1.165) is 18.4 Å². The maximum Gasteiger partial charge on any atom is 0.334 e. The zero-order chi connectivity index (χ0) is 18.4. The van der Waals surface area contributed by atoms with Crippen LogP contribution in [0.15, 0.2) is 35.5 Å². The highest BCUT2D eigenvalue weighted by Gasteiger charge is 2.56. The molecule has 0 aromatic rings. The number of carbonyl (C=O) groups excluding carboxylic acids is 2. The molecule has 0 N–H and O–H groups in total. The number of hydrogen-bond donors (Lipinski definition) is 0. The largest absolute Gasteiger partial charge is 0.458 e. The van der Waals surface area contributed by atoms with Gasteiger partial charge >= 0.3 is 11.9 Å². The fraction of sp³-hybridized carbons (Fsp3) is 0.600. The lowest BCUT2D eigenvalue weighted by atomic mass is 9.82. The molecule has 136 valence electrons. The van der Waals surface area contributed by atoms with Crippen LogP contribution in [0.1, 0.15) is 47.0 Å². The molecule has 0 amide bonds. The highest BCUT2D eigenvalue weighted by atomic mass is 16.6. The van der Waals surface area contributed by atoms with Gasteiger partial charge in [-0.3, -0.25) is 0 Å². The number of esters is 2. The summed E-state index contributed by atoms with van der Waals surface area (Å²) in [6, 6.07) is 0. The number of hydrogen-bond acceptors (Lipinski definition) is 5. The Morgan fingerprint density at radius 3 is 2.88 bits per heavy atom. The van der Waals surface area contributed by atoms with Gasteiger partial charge in [0.2, 0.25) is 0 Å². The van der Waals surface area contributed by atoms with E-state index < -0.39 is 18.2 Å². The number of ether oxygens (including phenoxy) is 3. The predicted octanol–water partition coefficient (Wildman–Crippen LogP) is 3.25. The molecule has 2 aliphatic heterocycles. The molecule has 0 spiro atoms. The second-order valence-electron chi connectivity index (χ2n) is 7.51. The van der Waals surface area contributed by atoms with Crippen molar-refractivity contribution in [1.29, 1.82) is 0 Å². The molecule has 0 aromatic heterocycles. The van der Waals surface area contributed by atoms with Gasteiger partial charge in [-0.25, -0.2) is 9.59 Å². The minimum atomic E-state index is -0.511. The van der Waals surface area contributed by atoms with Crippen LogP contribution in [-0.4, -0.2) is 35.9 Å². The van der Waals surface area contributed by atoms with Crippen LogP contribution in [0.3, 0.4) is 0 Å². The fourth-order valence-electron chi connectivity index (χ4n) is 3.73. The van der Waals surface area contributed by atoms with Crippen LogP contribution >= 0.6 is 0 Å². The van der Waals surface area contributed by atoms with Crippen molar-refractivity contribution in [2.45, 2.75) is 70.9 Å². The maximum absolute atomic E-state index is 12.4. The van der Waals surface area contributed by atoms with Gasteiger partial charge in [0, 0.05) is 17.6 Å². The number of rotatable bonds is 2. The average molecular weight is 346 g/mol. The van der Waals surface area contributed by atoms with Crippen molar-refractivity contribution in [1.82, 2.24) is 0 Å². The third-order valence-corrected chi connectivity index (χ3v) is 5.57.